The number of hydrogen-bond donors (Lipinski definition) is 0. The highest BCUT2D eigenvalue weighted by atomic mass is 16.2. The molecule has 2 rings (SSSR count). The summed E-state index contributed by atoms with van der Waals surface area (Å²) in [5, 5.41) is 0. The first kappa shape index (κ1) is 14.0. The van der Waals surface area contributed by atoms with Crippen molar-refractivity contribution in [1.29, 1.82) is 0 Å². The summed E-state index contributed by atoms with van der Waals surface area (Å²) >= 11 is 0. The highest BCUT2D eigenvalue weighted by Gasteiger charge is 2.15. The lowest BCUT2D eigenvalue weighted by Gasteiger charge is -2.21. The topological polar surface area (TPSA) is 33.2 Å². The van der Waals surface area contributed by atoms with Gasteiger partial charge in [-0.2, -0.15) is 0 Å². The Kier molecular flexibility index (Phi) is 5.07. The predicted molar refractivity (Wildman–Crippen MR) is 81.9 cm³/mol. The average molecular weight is 266 g/mol. The fourth-order valence-electron chi connectivity index (χ4n) is 1.89. The van der Waals surface area contributed by atoms with Crippen LogP contribution >= 0.6 is 0 Å². The minimum atomic E-state index is -0.0577. The third-order valence-electron chi connectivity index (χ3n) is 2.85. The van der Waals surface area contributed by atoms with Crippen LogP contribution in [0.15, 0.2) is 67.0 Å². The number of amides is 1. The molecule has 1 amide bonds. The Bertz CT molecular complexity index is 525. The molecular formula is C17H18N2O. The number of benzene rings is 1. The summed E-state index contributed by atoms with van der Waals surface area (Å²) in [4.78, 5) is 18.2. The lowest BCUT2D eigenvalue weighted by molar-refractivity contribution is -0.113. The third kappa shape index (κ3) is 3.54. The van der Waals surface area contributed by atoms with Crippen LogP contribution in [-0.2, 0) is 4.79 Å². The summed E-state index contributed by atoms with van der Waals surface area (Å²) in [5.41, 5.74) is 1.61. The van der Waals surface area contributed by atoms with Gasteiger partial charge in [-0.3, -0.25) is 14.7 Å². The Balaban J connectivity index is 2.33. The molecule has 0 atom stereocenters. The maximum absolute atomic E-state index is 12.4. The van der Waals surface area contributed by atoms with E-state index in [1.165, 1.54) is 0 Å². The van der Waals surface area contributed by atoms with Gasteiger partial charge in [-0.25, -0.2) is 0 Å². The Labute approximate surface area is 119 Å². The molecule has 1 heterocycles. The molecule has 0 bridgehead atoms. The minimum Gasteiger partial charge on any atom is -0.276 e. The first-order valence-electron chi connectivity index (χ1n) is 6.78. The van der Waals surface area contributed by atoms with Crippen LogP contribution in [0.5, 0.6) is 0 Å². The second kappa shape index (κ2) is 7.24. The monoisotopic (exact) mass is 266 g/mol. The molecule has 2 aromatic rings. The summed E-state index contributed by atoms with van der Waals surface area (Å²) < 4.78 is 0. The number of aromatic nitrogens is 1. The van der Waals surface area contributed by atoms with Crippen molar-refractivity contribution in [3.05, 3.63) is 67.0 Å². The lowest BCUT2D eigenvalue weighted by atomic mass is 10.2. The van der Waals surface area contributed by atoms with Crippen LogP contribution in [0.3, 0.4) is 0 Å². The van der Waals surface area contributed by atoms with E-state index in [9.17, 15) is 4.79 Å². The molecule has 3 heteroatoms. The van der Waals surface area contributed by atoms with Gasteiger partial charge >= 0.3 is 0 Å². The summed E-state index contributed by atoms with van der Waals surface area (Å²) in [6.07, 6.45) is 8.87. The van der Waals surface area contributed by atoms with E-state index in [1.54, 1.807) is 23.4 Å². The van der Waals surface area contributed by atoms with E-state index in [0.29, 0.717) is 0 Å². The number of para-hydroxylation sites is 1. The first-order valence-corrected chi connectivity index (χ1v) is 6.78. The van der Waals surface area contributed by atoms with Gasteiger partial charge in [0.15, 0.2) is 0 Å². The van der Waals surface area contributed by atoms with Crippen LogP contribution < -0.4 is 4.90 Å². The van der Waals surface area contributed by atoms with Gasteiger partial charge in [0.05, 0.1) is 11.9 Å². The van der Waals surface area contributed by atoms with Gasteiger partial charge in [0.1, 0.15) is 0 Å². The largest absolute Gasteiger partial charge is 0.276 e. The highest BCUT2D eigenvalue weighted by molar-refractivity contribution is 6.06. The number of unbranched alkanes of at least 4 members (excludes halogenated alkanes) is 1. The van der Waals surface area contributed by atoms with Crippen molar-refractivity contribution in [2.45, 2.75) is 19.8 Å². The highest BCUT2D eigenvalue weighted by Crippen LogP contribution is 2.24. The quantitative estimate of drug-likeness (QED) is 0.763. The molecule has 1 aromatic carbocycles. The molecule has 0 saturated heterocycles. The standard InChI is InChI=1S/C17H18N2O/c1-2-3-5-12-17(20)19(15-9-6-4-7-10-15)16-11-8-13-18-14-16/h4-14H,2-3H2,1H3. The summed E-state index contributed by atoms with van der Waals surface area (Å²) in [5.74, 6) is -0.0577. The number of hydrogen-bond acceptors (Lipinski definition) is 2. The number of pyridine rings is 1. The molecule has 0 unspecified atom stereocenters. The van der Waals surface area contributed by atoms with E-state index in [0.717, 1.165) is 24.2 Å². The molecule has 0 aliphatic carbocycles. The smallest absolute Gasteiger partial charge is 0.255 e. The van der Waals surface area contributed by atoms with Gasteiger partial charge in [-0.15, -0.1) is 0 Å². The van der Waals surface area contributed by atoms with E-state index >= 15 is 0 Å². The summed E-state index contributed by atoms with van der Waals surface area (Å²) in [7, 11) is 0. The SMILES string of the molecule is CCCC=CC(=O)N(c1ccccc1)c1cccnc1. The normalized spacial score (nSPS) is 10.7. The van der Waals surface area contributed by atoms with E-state index < -0.39 is 0 Å². The third-order valence-corrected chi connectivity index (χ3v) is 2.85. The molecule has 0 radical (unpaired) electrons. The van der Waals surface area contributed by atoms with Crippen molar-refractivity contribution < 1.29 is 4.79 Å². The van der Waals surface area contributed by atoms with E-state index in [4.69, 9.17) is 0 Å². The maximum atomic E-state index is 12.4. The molecule has 3 nitrogen and oxygen atoms in total. The zero-order valence-corrected chi connectivity index (χ0v) is 11.6. The van der Waals surface area contributed by atoms with Gasteiger partial charge < -0.3 is 0 Å². The van der Waals surface area contributed by atoms with Crippen LogP contribution in [0.2, 0.25) is 0 Å². The van der Waals surface area contributed by atoms with E-state index in [2.05, 4.69) is 11.9 Å². The number of rotatable bonds is 5. The zero-order chi connectivity index (χ0) is 14.2. The molecule has 20 heavy (non-hydrogen) atoms. The predicted octanol–water partition coefficient (Wildman–Crippen LogP) is 4.10. The molecule has 0 aliphatic rings. The zero-order valence-electron chi connectivity index (χ0n) is 11.6. The molecule has 0 spiro atoms. The fraction of sp³-hybridized carbons (Fsp3) is 0.176. The molecule has 1 aromatic heterocycles. The molecule has 0 saturated carbocycles. The van der Waals surface area contributed by atoms with Crippen LogP contribution in [0.4, 0.5) is 11.4 Å². The second-order valence-corrected chi connectivity index (χ2v) is 4.41. The van der Waals surface area contributed by atoms with E-state index in [1.807, 2.05) is 48.5 Å². The minimum absolute atomic E-state index is 0.0577. The average Bonchev–Trinajstić information content (AvgIpc) is 2.50. The van der Waals surface area contributed by atoms with Crippen molar-refractivity contribution in [2.24, 2.45) is 0 Å². The molecule has 0 aliphatic heterocycles. The summed E-state index contributed by atoms with van der Waals surface area (Å²) in [6.45, 7) is 2.09. The van der Waals surface area contributed by atoms with Crippen LogP contribution in [-0.4, -0.2) is 10.9 Å². The van der Waals surface area contributed by atoms with Crippen molar-refractivity contribution in [1.82, 2.24) is 4.98 Å². The van der Waals surface area contributed by atoms with Gasteiger partial charge in [-0.1, -0.05) is 37.6 Å². The molecule has 102 valence electrons. The molecular weight excluding hydrogens is 248 g/mol. The Morgan fingerprint density at radius 3 is 2.55 bits per heavy atom. The molecule has 0 N–H and O–H groups in total. The number of nitrogens with zero attached hydrogens (tertiary/aromatic N) is 2. The van der Waals surface area contributed by atoms with Gasteiger partial charge in [0, 0.05) is 11.9 Å². The van der Waals surface area contributed by atoms with Crippen LogP contribution in [0.25, 0.3) is 0 Å². The van der Waals surface area contributed by atoms with Gasteiger partial charge in [-0.05, 0) is 36.8 Å². The van der Waals surface area contributed by atoms with E-state index in [-0.39, 0.29) is 5.91 Å². The number of carbonyl (C=O) groups is 1. The Hall–Kier alpha value is -2.42. The number of carbonyl (C=O) groups excluding carboxylic acids is 1. The van der Waals surface area contributed by atoms with Crippen molar-refractivity contribution in [3.8, 4) is 0 Å². The van der Waals surface area contributed by atoms with Gasteiger partial charge in [0.25, 0.3) is 5.91 Å². The Morgan fingerprint density at radius 2 is 1.90 bits per heavy atom. The Morgan fingerprint density at radius 1 is 1.15 bits per heavy atom. The van der Waals surface area contributed by atoms with Gasteiger partial charge in [0.2, 0.25) is 0 Å². The molecule has 0 fully saturated rings. The van der Waals surface area contributed by atoms with Crippen LogP contribution in [0, 0.1) is 0 Å². The maximum Gasteiger partial charge on any atom is 0.255 e. The van der Waals surface area contributed by atoms with Crippen LogP contribution in [0.1, 0.15) is 19.8 Å². The van der Waals surface area contributed by atoms with Crippen molar-refractivity contribution >= 4 is 17.3 Å². The fourth-order valence-corrected chi connectivity index (χ4v) is 1.89. The number of allylic oxidation sites excluding steroid dienone is 1. The number of anilines is 2. The van der Waals surface area contributed by atoms with Crippen molar-refractivity contribution in [3.63, 3.8) is 0 Å². The van der Waals surface area contributed by atoms with Crippen molar-refractivity contribution in [2.75, 3.05) is 4.90 Å². The second-order valence-electron chi connectivity index (χ2n) is 4.41. The first-order chi connectivity index (χ1) is 9.83. The lowest BCUT2D eigenvalue weighted by Crippen LogP contribution is -2.23. The summed E-state index contributed by atoms with van der Waals surface area (Å²) in [6, 6.07) is 13.3.